The zero-order valence-electron chi connectivity index (χ0n) is 16.7. The van der Waals surface area contributed by atoms with Gasteiger partial charge >= 0.3 is 0 Å². The minimum absolute atomic E-state index is 0.0993. The van der Waals surface area contributed by atoms with Gasteiger partial charge in [-0.25, -0.2) is 15.0 Å². The van der Waals surface area contributed by atoms with Crippen LogP contribution in [0.25, 0.3) is 11.2 Å². The SMILES string of the molecule is C[C@@H]1OCC2(CCN(c3cnc4nc(Sc5ccncc5Cl)ccc4n3)CC2)[C@@H]1N. The highest BCUT2D eigenvalue weighted by Gasteiger charge is 2.47. The first-order valence-electron chi connectivity index (χ1n) is 10.1. The van der Waals surface area contributed by atoms with Gasteiger partial charge in [0, 0.05) is 41.8 Å². The van der Waals surface area contributed by atoms with Crippen LogP contribution in [0.1, 0.15) is 19.8 Å². The van der Waals surface area contributed by atoms with Gasteiger partial charge in [-0.15, -0.1) is 0 Å². The highest BCUT2D eigenvalue weighted by molar-refractivity contribution is 7.99. The van der Waals surface area contributed by atoms with Crippen molar-refractivity contribution in [2.24, 2.45) is 11.1 Å². The molecule has 3 aromatic heterocycles. The van der Waals surface area contributed by atoms with Crippen molar-refractivity contribution in [3.8, 4) is 0 Å². The van der Waals surface area contributed by atoms with Crippen LogP contribution in [0.15, 0.2) is 46.7 Å². The lowest BCUT2D eigenvalue weighted by atomic mass is 9.73. The summed E-state index contributed by atoms with van der Waals surface area (Å²) in [5, 5.41) is 1.43. The predicted octanol–water partition coefficient (Wildman–Crippen LogP) is 3.56. The molecular formula is C21H23ClN6OS. The molecule has 2 atom stereocenters. The van der Waals surface area contributed by atoms with Gasteiger partial charge in [0.25, 0.3) is 0 Å². The van der Waals surface area contributed by atoms with E-state index in [0.29, 0.717) is 10.7 Å². The number of anilines is 1. The van der Waals surface area contributed by atoms with E-state index in [1.807, 2.05) is 24.4 Å². The zero-order chi connectivity index (χ0) is 20.7. The van der Waals surface area contributed by atoms with E-state index in [4.69, 9.17) is 27.1 Å². The summed E-state index contributed by atoms with van der Waals surface area (Å²) in [6, 6.07) is 5.89. The predicted molar refractivity (Wildman–Crippen MR) is 118 cm³/mol. The molecule has 0 radical (unpaired) electrons. The van der Waals surface area contributed by atoms with Crippen LogP contribution in [0.4, 0.5) is 5.82 Å². The van der Waals surface area contributed by atoms with E-state index in [0.717, 1.165) is 53.8 Å². The molecule has 0 aliphatic carbocycles. The van der Waals surface area contributed by atoms with Crippen molar-refractivity contribution in [3.63, 3.8) is 0 Å². The van der Waals surface area contributed by atoms with E-state index in [1.165, 1.54) is 11.8 Å². The topological polar surface area (TPSA) is 90.0 Å². The summed E-state index contributed by atoms with van der Waals surface area (Å²) in [5.74, 6) is 0.886. The third kappa shape index (κ3) is 3.62. The first-order chi connectivity index (χ1) is 14.5. The van der Waals surface area contributed by atoms with E-state index in [-0.39, 0.29) is 17.6 Å². The Bertz CT molecular complexity index is 1070. The van der Waals surface area contributed by atoms with E-state index in [1.54, 1.807) is 12.4 Å². The smallest absolute Gasteiger partial charge is 0.179 e. The van der Waals surface area contributed by atoms with Crippen LogP contribution in [-0.4, -0.2) is 51.8 Å². The zero-order valence-corrected chi connectivity index (χ0v) is 18.2. The van der Waals surface area contributed by atoms with Gasteiger partial charge in [0.05, 0.1) is 23.9 Å². The molecular weight excluding hydrogens is 420 g/mol. The molecule has 2 aliphatic heterocycles. The number of nitrogens with zero attached hydrogens (tertiary/aromatic N) is 5. The molecule has 3 aromatic rings. The average molecular weight is 443 g/mol. The molecule has 2 saturated heterocycles. The second-order valence-corrected chi connectivity index (χ2v) is 9.49. The highest BCUT2D eigenvalue weighted by Crippen LogP contribution is 2.41. The lowest BCUT2D eigenvalue weighted by Gasteiger charge is -2.41. The third-order valence-electron chi connectivity index (χ3n) is 6.25. The van der Waals surface area contributed by atoms with Gasteiger partial charge in [-0.2, -0.15) is 0 Å². The quantitative estimate of drug-likeness (QED) is 0.658. The lowest BCUT2D eigenvalue weighted by Crippen LogP contribution is -2.50. The molecule has 0 aromatic carbocycles. The second kappa shape index (κ2) is 7.92. The fourth-order valence-electron chi connectivity index (χ4n) is 4.30. The second-order valence-electron chi connectivity index (χ2n) is 8.02. The van der Waals surface area contributed by atoms with Gasteiger partial charge in [-0.1, -0.05) is 23.4 Å². The number of fused-ring (bicyclic) bond motifs is 1. The summed E-state index contributed by atoms with van der Waals surface area (Å²) in [6.07, 6.45) is 7.32. The summed E-state index contributed by atoms with van der Waals surface area (Å²) >= 11 is 7.69. The maximum absolute atomic E-state index is 6.43. The Hall–Kier alpha value is -2.00. The van der Waals surface area contributed by atoms with Gasteiger partial charge in [0.2, 0.25) is 0 Å². The van der Waals surface area contributed by atoms with E-state index in [2.05, 4.69) is 26.8 Å². The molecule has 7 nitrogen and oxygen atoms in total. The number of nitrogens with two attached hydrogens (primary N) is 1. The Morgan fingerprint density at radius 2 is 2.03 bits per heavy atom. The normalized spacial score (nSPS) is 23.4. The molecule has 0 unspecified atom stereocenters. The van der Waals surface area contributed by atoms with Gasteiger partial charge in [0.15, 0.2) is 5.65 Å². The number of ether oxygens (including phenoxy) is 1. The van der Waals surface area contributed by atoms with Gasteiger partial charge in [0.1, 0.15) is 16.4 Å². The van der Waals surface area contributed by atoms with Crippen molar-refractivity contribution >= 4 is 40.3 Å². The fourth-order valence-corrected chi connectivity index (χ4v) is 5.31. The maximum Gasteiger partial charge on any atom is 0.179 e. The van der Waals surface area contributed by atoms with E-state index < -0.39 is 0 Å². The third-order valence-corrected chi connectivity index (χ3v) is 7.67. The molecule has 0 amide bonds. The maximum atomic E-state index is 6.43. The van der Waals surface area contributed by atoms with Crippen LogP contribution >= 0.6 is 23.4 Å². The molecule has 30 heavy (non-hydrogen) atoms. The minimum Gasteiger partial charge on any atom is -0.376 e. The monoisotopic (exact) mass is 442 g/mol. The van der Waals surface area contributed by atoms with Crippen LogP contribution < -0.4 is 10.6 Å². The number of aromatic nitrogens is 4. The van der Waals surface area contributed by atoms with Crippen molar-refractivity contribution in [2.75, 3.05) is 24.6 Å². The molecule has 5 heterocycles. The number of hydrogen-bond acceptors (Lipinski definition) is 8. The average Bonchev–Trinajstić information content (AvgIpc) is 3.04. The Kier molecular flexibility index (Phi) is 5.26. The molecule has 5 rings (SSSR count). The Balaban J connectivity index is 1.32. The summed E-state index contributed by atoms with van der Waals surface area (Å²) in [4.78, 5) is 21.2. The largest absolute Gasteiger partial charge is 0.376 e. The molecule has 0 saturated carbocycles. The first-order valence-corrected chi connectivity index (χ1v) is 11.3. The van der Waals surface area contributed by atoms with Crippen LogP contribution in [-0.2, 0) is 4.74 Å². The fraction of sp³-hybridized carbons (Fsp3) is 0.429. The molecule has 156 valence electrons. The molecule has 2 N–H and O–H groups in total. The van der Waals surface area contributed by atoms with Crippen LogP contribution in [0.5, 0.6) is 0 Å². The summed E-state index contributed by atoms with van der Waals surface area (Å²) < 4.78 is 5.82. The number of rotatable bonds is 3. The number of hydrogen-bond donors (Lipinski definition) is 1. The molecule has 9 heteroatoms. The Morgan fingerprint density at radius 1 is 1.20 bits per heavy atom. The van der Waals surface area contributed by atoms with Crippen molar-refractivity contribution in [2.45, 2.75) is 41.8 Å². The first kappa shape index (κ1) is 19.9. The van der Waals surface area contributed by atoms with Crippen molar-refractivity contribution in [1.82, 2.24) is 19.9 Å². The van der Waals surface area contributed by atoms with Gasteiger partial charge < -0.3 is 15.4 Å². The molecule has 0 bridgehead atoms. The summed E-state index contributed by atoms with van der Waals surface area (Å²) in [6.45, 7) is 4.65. The Morgan fingerprint density at radius 3 is 2.77 bits per heavy atom. The molecule has 2 fully saturated rings. The number of piperidine rings is 1. The number of pyridine rings is 2. The summed E-state index contributed by atoms with van der Waals surface area (Å²) in [7, 11) is 0. The highest BCUT2D eigenvalue weighted by atomic mass is 35.5. The molecule has 2 aliphatic rings. The van der Waals surface area contributed by atoms with Crippen molar-refractivity contribution in [1.29, 1.82) is 0 Å². The van der Waals surface area contributed by atoms with Crippen LogP contribution in [0.2, 0.25) is 5.02 Å². The van der Waals surface area contributed by atoms with Gasteiger partial charge in [-0.05, 0) is 38.0 Å². The van der Waals surface area contributed by atoms with Crippen LogP contribution in [0, 0.1) is 5.41 Å². The van der Waals surface area contributed by atoms with E-state index in [9.17, 15) is 0 Å². The summed E-state index contributed by atoms with van der Waals surface area (Å²) in [5.41, 5.74) is 7.94. The Labute approximate surface area is 184 Å². The van der Waals surface area contributed by atoms with E-state index >= 15 is 0 Å². The minimum atomic E-state index is 0.0993. The molecule has 1 spiro atoms. The lowest BCUT2D eigenvalue weighted by molar-refractivity contribution is 0.0974. The van der Waals surface area contributed by atoms with Crippen molar-refractivity contribution in [3.05, 3.63) is 41.8 Å². The van der Waals surface area contributed by atoms with Gasteiger partial charge in [-0.3, -0.25) is 4.98 Å². The van der Waals surface area contributed by atoms with Crippen LogP contribution in [0.3, 0.4) is 0 Å². The van der Waals surface area contributed by atoms with Crippen molar-refractivity contribution < 1.29 is 4.74 Å². The standard InChI is InChI=1S/C21H23ClN6OS/c1-13-19(23)21(12-29-13)5-8-28(9-6-21)17-11-25-20-15(26-17)2-3-18(27-20)30-16-4-7-24-10-14(16)22/h2-4,7,10-11,13,19H,5-6,8-9,12,23H2,1H3/t13-,19+/m0/s1. The number of halogens is 1.